The van der Waals surface area contributed by atoms with Crippen molar-refractivity contribution in [3.05, 3.63) is 125 Å². The van der Waals surface area contributed by atoms with E-state index in [0.29, 0.717) is 60.9 Å². The van der Waals surface area contributed by atoms with Crippen LogP contribution in [-0.2, 0) is 11.3 Å². The van der Waals surface area contributed by atoms with Crippen LogP contribution in [0.25, 0.3) is 0 Å². The Labute approximate surface area is 262 Å². The zero-order valence-corrected chi connectivity index (χ0v) is 25.5. The molecule has 1 atom stereocenters. The second-order valence-corrected chi connectivity index (χ2v) is 10.9. The van der Waals surface area contributed by atoms with Gasteiger partial charge in [-0.2, -0.15) is 0 Å². The van der Waals surface area contributed by atoms with Crippen LogP contribution < -0.4 is 20.3 Å². The van der Waals surface area contributed by atoms with Crippen molar-refractivity contribution in [3.63, 3.8) is 0 Å². The topological polar surface area (TPSA) is 91.0 Å². The molecule has 1 fully saturated rings. The Balaban J connectivity index is 1.34. The van der Waals surface area contributed by atoms with Crippen molar-refractivity contribution in [2.24, 2.45) is 0 Å². The monoisotopic (exact) mass is 608 g/mol. The van der Waals surface area contributed by atoms with Gasteiger partial charge in [-0.3, -0.25) is 14.4 Å². The van der Waals surface area contributed by atoms with Crippen LogP contribution in [0.5, 0.6) is 5.75 Å². The zero-order chi connectivity index (χ0) is 31.8. The zero-order valence-electron chi connectivity index (χ0n) is 25.5. The fraction of sp³-hybridized carbons (Fsp3) is 0.250. The number of benzene rings is 4. The minimum Gasteiger partial charge on any atom is -0.497 e. The molecule has 1 aliphatic rings. The summed E-state index contributed by atoms with van der Waals surface area (Å²) in [5.41, 5.74) is 3.73. The average molecular weight is 609 g/mol. The SMILES string of the molecule is CC[C@@H](C(=O)N1CCN(c2ccc(NC(=O)c3cccc(OC)c3)cc2C(=O)NCc2ccc(F)cc2)CC1)c1ccccc1. The van der Waals surface area contributed by atoms with E-state index in [4.69, 9.17) is 4.74 Å². The highest BCUT2D eigenvalue weighted by Crippen LogP contribution is 2.28. The second-order valence-electron chi connectivity index (χ2n) is 10.9. The summed E-state index contributed by atoms with van der Waals surface area (Å²) in [7, 11) is 1.54. The van der Waals surface area contributed by atoms with E-state index >= 15 is 0 Å². The van der Waals surface area contributed by atoms with E-state index in [1.165, 1.54) is 19.2 Å². The fourth-order valence-corrected chi connectivity index (χ4v) is 5.55. The number of ether oxygens (including phenoxy) is 1. The first-order chi connectivity index (χ1) is 21.9. The molecular weight excluding hydrogens is 571 g/mol. The normalized spacial score (nSPS) is 13.6. The van der Waals surface area contributed by atoms with E-state index in [1.54, 1.807) is 48.5 Å². The maximum absolute atomic E-state index is 13.6. The van der Waals surface area contributed by atoms with E-state index in [9.17, 15) is 18.8 Å². The lowest BCUT2D eigenvalue weighted by Crippen LogP contribution is -2.50. The van der Waals surface area contributed by atoms with Crippen LogP contribution in [0.1, 0.15) is 51.1 Å². The molecule has 232 valence electrons. The number of nitrogens with zero attached hydrogens (tertiary/aromatic N) is 2. The van der Waals surface area contributed by atoms with Crippen LogP contribution in [0.3, 0.4) is 0 Å². The van der Waals surface area contributed by atoms with Crippen molar-refractivity contribution >= 4 is 29.1 Å². The van der Waals surface area contributed by atoms with Gasteiger partial charge in [0.1, 0.15) is 11.6 Å². The van der Waals surface area contributed by atoms with Gasteiger partial charge >= 0.3 is 0 Å². The molecule has 4 aromatic rings. The first-order valence-corrected chi connectivity index (χ1v) is 15.1. The number of hydrogen-bond acceptors (Lipinski definition) is 5. The Morgan fingerprint density at radius 1 is 0.844 bits per heavy atom. The molecule has 0 spiro atoms. The largest absolute Gasteiger partial charge is 0.497 e. The van der Waals surface area contributed by atoms with Crippen LogP contribution >= 0.6 is 0 Å². The molecular formula is C36H37FN4O4. The number of piperazine rings is 1. The van der Waals surface area contributed by atoms with Gasteiger partial charge in [-0.15, -0.1) is 0 Å². The van der Waals surface area contributed by atoms with Crippen LogP contribution in [0.15, 0.2) is 97.1 Å². The molecule has 0 aliphatic carbocycles. The maximum Gasteiger partial charge on any atom is 0.255 e. The lowest BCUT2D eigenvalue weighted by atomic mass is 9.94. The van der Waals surface area contributed by atoms with Crippen molar-refractivity contribution < 1.29 is 23.5 Å². The molecule has 0 aromatic heterocycles. The van der Waals surface area contributed by atoms with Gasteiger partial charge in [0.25, 0.3) is 11.8 Å². The Morgan fingerprint density at radius 2 is 1.58 bits per heavy atom. The van der Waals surface area contributed by atoms with Crippen molar-refractivity contribution in [1.29, 1.82) is 0 Å². The molecule has 3 amide bonds. The van der Waals surface area contributed by atoms with E-state index in [-0.39, 0.29) is 36.0 Å². The number of rotatable bonds is 10. The smallest absolute Gasteiger partial charge is 0.255 e. The molecule has 1 saturated heterocycles. The van der Waals surface area contributed by atoms with E-state index in [2.05, 4.69) is 15.5 Å². The average Bonchev–Trinajstić information content (AvgIpc) is 3.08. The molecule has 1 aliphatic heterocycles. The minimum absolute atomic E-state index is 0.108. The number of amides is 3. The van der Waals surface area contributed by atoms with Crippen LogP contribution in [-0.4, -0.2) is 55.9 Å². The van der Waals surface area contributed by atoms with Gasteiger partial charge in [-0.25, -0.2) is 4.39 Å². The van der Waals surface area contributed by atoms with Crippen LogP contribution in [0.4, 0.5) is 15.8 Å². The van der Waals surface area contributed by atoms with Crippen LogP contribution in [0.2, 0.25) is 0 Å². The highest BCUT2D eigenvalue weighted by atomic mass is 19.1. The molecule has 4 aromatic carbocycles. The first-order valence-electron chi connectivity index (χ1n) is 15.1. The standard InChI is InChI=1S/C36H37FN4O4/c1-3-31(26-8-5-4-6-9-26)36(44)41-20-18-40(19-21-41)33-17-16-29(39-34(42)27-10-7-11-30(22-27)45-2)23-32(33)35(43)38-24-25-12-14-28(37)15-13-25/h4-17,22-23,31H,3,18-21,24H2,1-2H3,(H,38,43)(H,39,42)/t31-/m1/s1. The second kappa shape index (κ2) is 14.5. The summed E-state index contributed by atoms with van der Waals surface area (Å²) in [4.78, 5) is 44.1. The number of carbonyl (C=O) groups is 3. The fourth-order valence-electron chi connectivity index (χ4n) is 5.55. The van der Waals surface area contributed by atoms with Gasteiger partial charge in [-0.05, 0) is 66.1 Å². The highest BCUT2D eigenvalue weighted by molar-refractivity contribution is 6.06. The minimum atomic E-state index is -0.349. The summed E-state index contributed by atoms with van der Waals surface area (Å²) < 4.78 is 18.6. The molecule has 8 nitrogen and oxygen atoms in total. The molecule has 0 unspecified atom stereocenters. The van der Waals surface area contributed by atoms with Gasteiger partial charge in [-0.1, -0.05) is 55.5 Å². The molecule has 5 rings (SSSR count). The van der Waals surface area contributed by atoms with Gasteiger partial charge in [0, 0.05) is 49.7 Å². The quantitative estimate of drug-likeness (QED) is 0.236. The number of hydrogen-bond donors (Lipinski definition) is 2. The Kier molecular flexibility index (Phi) is 10.1. The molecule has 0 radical (unpaired) electrons. The number of carbonyl (C=O) groups excluding carboxylic acids is 3. The Hall–Kier alpha value is -5.18. The summed E-state index contributed by atoms with van der Waals surface area (Å²) in [6.45, 7) is 4.37. The van der Waals surface area contributed by atoms with Gasteiger partial charge in [0.15, 0.2) is 0 Å². The van der Waals surface area contributed by atoms with E-state index in [1.807, 2.05) is 48.2 Å². The van der Waals surface area contributed by atoms with Crippen molar-refractivity contribution in [1.82, 2.24) is 10.2 Å². The summed E-state index contributed by atoms with van der Waals surface area (Å²) >= 11 is 0. The third-order valence-corrected chi connectivity index (χ3v) is 8.04. The van der Waals surface area contributed by atoms with Crippen molar-refractivity contribution in [3.8, 4) is 5.75 Å². The number of methoxy groups -OCH3 is 1. The lowest BCUT2D eigenvalue weighted by Gasteiger charge is -2.38. The predicted molar refractivity (Wildman–Crippen MR) is 173 cm³/mol. The van der Waals surface area contributed by atoms with Gasteiger partial charge < -0.3 is 25.2 Å². The highest BCUT2D eigenvalue weighted by Gasteiger charge is 2.29. The number of nitrogens with one attached hydrogen (secondary N) is 2. The third kappa shape index (κ3) is 7.67. The molecule has 0 saturated carbocycles. The summed E-state index contributed by atoms with van der Waals surface area (Å²) in [6, 6.07) is 27.9. The van der Waals surface area contributed by atoms with E-state index < -0.39 is 0 Å². The Morgan fingerprint density at radius 3 is 2.27 bits per heavy atom. The number of halogens is 1. The molecule has 2 N–H and O–H groups in total. The third-order valence-electron chi connectivity index (χ3n) is 8.04. The van der Waals surface area contributed by atoms with Crippen LogP contribution in [0, 0.1) is 5.82 Å². The van der Waals surface area contributed by atoms with Gasteiger partial charge in [0.05, 0.1) is 18.6 Å². The molecule has 45 heavy (non-hydrogen) atoms. The maximum atomic E-state index is 13.6. The molecule has 9 heteroatoms. The lowest BCUT2D eigenvalue weighted by molar-refractivity contribution is -0.133. The molecule has 0 bridgehead atoms. The summed E-state index contributed by atoms with van der Waals surface area (Å²) in [5.74, 6) is -0.547. The summed E-state index contributed by atoms with van der Waals surface area (Å²) in [5, 5.41) is 5.81. The first kappa shape index (κ1) is 31.3. The van der Waals surface area contributed by atoms with Crippen molar-refractivity contribution in [2.45, 2.75) is 25.8 Å². The van der Waals surface area contributed by atoms with E-state index in [0.717, 1.165) is 11.1 Å². The predicted octanol–water partition coefficient (Wildman–Crippen LogP) is 5.86. The van der Waals surface area contributed by atoms with Crippen molar-refractivity contribution in [2.75, 3.05) is 43.5 Å². The Bertz CT molecular complexity index is 1640. The summed E-state index contributed by atoms with van der Waals surface area (Å²) in [6.07, 6.45) is 0.713. The van der Waals surface area contributed by atoms with Gasteiger partial charge in [0.2, 0.25) is 5.91 Å². The molecule has 1 heterocycles. The number of anilines is 2.